The largest absolute Gasteiger partial charge is 0.399 e. The molecule has 1 unspecified atom stereocenters. The van der Waals surface area contributed by atoms with Gasteiger partial charge in [-0.2, -0.15) is 0 Å². The van der Waals surface area contributed by atoms with Crippen molar-refractivity contribution in [3.63, 3.8) is 0 Å². The summed E-state index contributed by atoms with van der Waals surface area (Å²) >= 11 is 0. The summed E-state index contributed by atoms with van der Waals surface area (Å²) in [6.45, 7) is 4.92. The fourth-order valence-corrected chi connectivity index (χ4v) is 2.46. The Morgan fingerprint density at radius 2 is 2.31 bits per heavy atom. The molecule has 0 aliphatic carbocycles. The average Bonchev–Trinajstić information content (AvgIpc) is 2.29. The van der Waals surface area contributed by atoms with Gasteiger partial charge >= 0.3 is 0 Å². The zero-order valence-corrected chi connectivity index (χ0v) is 9.82. The zero-order chi connectivity index (χ0) is 11.6. The number of aliphatic hydroxyl groups is 1. The van der Waals surface area contributed by atoms with Crippen LogP contribution in [0.4, 0.5) is 5.69 Å². The molecular formula is C13H20N2O. The van der Waals surface area contributed by atoms with Crippen molar-refractivity contribution < 1.29 is 5.11 Å². The third-order valence-electron chi connectivity index (χ3n) is 3.42. The molecule has 1 saturated heterocycles. The van der Waals surface area contributed by atoms with Gasteiger partial charge in [0.25, 0.3) is 0 Å². The molecule has 0 aromatic heterocycles. The first kappa shape index (κ1) is 11.4. The summed E-state index contributed by atoms with van der Waals surface area (Å²) in [5.74, 6) is 0. The second-order valence-electron chi connectivity index (χ2n) is 4.63. The maximum Gasteiger partial charge on any atom is 0.102 e. The summed E-state index contributed by atoms with van der Waals surface area (Å²) < 4.78 is 0. The molecule has 88 valence electrons. The van der Waals surface area contributed by atoms with Crippen molar-refractivity contribution in [2.75, 3.05) is 25.4 Å². The predicted molar refractivity (Wildman–Crippen MR) is 66.1 cm³/mol. The van der Waals surface area contributed by atoms with Gasteiger partial charge in [0, 0.05) is 12.2 Å². The third kappa shape index (κ3) is 2.20. The highest BCUT2D eigenvalue weighted by molar-refractivity contribution is 5.42. The molecule has 16 heavy (non-hydrogen) atoms. The van der Waals surface area contributed by atoms with Gasteiger partial charge in [0.2, 0.25) is 0 Å². The summed E-state index contributed by atoms with van der Waals surface area (Å²) in [6, 6.07) is 7.62. The SMILES string of the molecule is CCN1CCCC(O)(c2cccc(N)c2)C1. The predicted octanol–water partition coefficient (Wildman–Crippen LogP) is 1.57. The topological polar surface area (TPSA) is 49.5 Å². The average molecular weight is 220 g/mol. The van der Waals surface area contributed by atoms with E-state index in [4.69, 9.17) is 5.73 Å². The molecule has 0 spiro atoms. The summed E-state index contributed by atoms with van der Waals surface area (Å²) in [7, 11) is 0. The Kier molecular flexibility index (Phi) is 3.17. The summed E-state index contributed by atoms with van der Waals surface area (Å²) in [5.41, 5.74) is 6.72. The Hall–Kier alpha value is -1.06. The van der Waals surface area contributed by atoms with Crippen LogP contribution in [0.25, 0.3) is 0 Å². The van der Waals surface area contributed by atoms with E-state index >= 15 is 0 Å². The molecule has 1 fully saturated rings. The summed E-state index contributed by atoms with van der Waals surface area (Å²) in [5, 5.41) is 10.7. The molecule has 1 aliphatic rings. The van der Waals surface area contributed by atoms with Gasteiger partial charge in [-0.25, -0.2) is 0 Å². The highest BCUT2D eigenvalue weighted by Crippen LogP contribution is 2.32. The number of likely N-dealkylation sites (N-methyl/N-ethyl adjacent to an activating group) is 1. The van der Waals surface area contributed by atoms with Gasteiger partial charge in [-0.1, -0.05) is 19.1 Å². The van der Waals surface area contributed by atoms with Crippen molar-refractivity contribution in [2.24, 2.45) is 0 Å². The monoisotopic (exact) mass is 220 g/mol. The van der Waals surface area contributed by atoms with Gasteiger partial charge in [0.1, 0.15) is 5.60 Å². The molecule has 1 aromatic rings. The minimum Gasteiger partial charge on any atom is -0.399 e. The number of nitrogens with zero attached hydrogens (tertiary/aromatic N) is 1. The molecule has 1 atom stereocenters. The van der Waals surface area contributed by atoms with Crippen LogP contribution in [-0.4, -0.2) is 29.6 Å². The van der Waals surface area contributed by atoms with E-state index in [9.17, 15) is 5.11 Å². The molecular weight excluding hydrogens is 200 g/mol. The number of benzene rings is 1. The van der Waals surface area contributed by atoms with E-state index < -0.39 is 5.60 Å². The number of nitrogens with two attached hydrogens (primary N) is 1. The van der Waals surface area contributed by atoms with E-state index in [2.05, 4.69) is 11.8 Å². The fourth-order valence-electron chi connectivity index (χ4n) is 2.46. The number of nitrogen functional groups attached to an aromatic ring is 1. The normalized spacial score (nSPS) is 26.9. The first-order valence-corrected chi connectivity index (χ1v) is 5.95. The first-order chi connectivity index (χ1) is 7.64. The van der Waals surface area contributed by atoms with E-state index in [1.54, 1.807) is 0 Å². The van der Waals surface area contributed by atoms with Crippen molar-refractivity contribution in [1.29, 1.82) is 0 Å². The van der Waals surface area contributed by atoms with Gasteiger partial charge < -0.3 is 15.7 Å². The standard InChI is InChI=1S/C13H20N2O/c1-2-15-8-4-7-13(16,10-15)11-5-3-6-12(14)9-11/h3,5-6,9,16H,2,4,7-8,10,14H2,1H3. The molecule has 0 radical (unpaired) electrons. The van der Waals surface area contributed by atoms with Crippen LogP contribution in [0.15, 0.2) is 24.3 Å². The van der Waals surface area contributed by atoms with Gasteiger partial charge in [-0.05, 0) is 43.6 Å². The van der Waals surface area contributed by atoms with E-state index in [0.29, 0.717) is 6.54 Å². The summed E-state index contributed by atoms with van der Waals surface area (Å²) in [4.78, 5) is 2.28. The Balaban J connectivity index is 2.23. The Morgan fingerprint density at radius 3 is 3.00 bits per heavy atom. The Bertz CT molecular complexity index is 367. The molecule has 2 rings (SSSR count). The molecule has 1 heterocycles. The number of likely N-dealkylation sites (tertiary alicyclic amines) is 1. The lowest BCUT2D eigenvalue weighted by Crippen LogP contribution is -2.45. The quantitative estimate of drug-likeness (QED) is 0.744. The maximum atomic E-state index is 10.7. The maximum absolute atomic E-state index is 10.7. The highest BCUT2D eigenvalue weighted by atomic mass is 16.3. The van der Waals surface area contributed by atoms with E-state index in [0.717, 1.165) is 37.2 Å². The molecule has 1 aliphatic heterocycles. The number of hydrogen-bond donors (Lipinski definition) is 2. The zero-order valence-electron chi connectivity index (χ0n) is 9.82. The number of β-amino-alcohol motifs (C(OH)–C–C–N with tert-alkyl or cyclic N) is 1. The molecule has 3 nitrogen and oxygen atoms in total. The Morgan fingerprint density at radius 1 is 1.50 bits per heavy atom. The molecule has 1 aromatic carbocycles. The number of piperidine rings is 1. The van der Waals surface area contributed by atoms with Crippen molar-refractivity contribution in [3.8, 4) is 0 Å². The van der Waals surface area contributed by atoms with Gasteiger partial charge in [0.05, 0.1) is 0 Å². The second-order valence-corrected chi connectivity index (χ2v) is 4.63. The molecule has 3 N–H and O–H groups in total. The van der Waals surface area contributed by atoms with Gasteiger partial charge in [0.15, 0.2) is 0 Å². The van der Waals surface area contributed by atoms with Gasteiger partial charge in [-0.15, -0.1) is 0 Å². The van der Waals surface area contributed by atoms with Crippen LogP contribution in [0.1, 0.15) is 25.3 Å². The second kappa shape index (κ2) is 4.44. The molecule has 0 bridgehead atoms. The van der Waals surface area contributed by atoms with Crippen LogP contribution < -0.4 is 5.73 Å². The van der Waals surface area contributed by atoms with Crippen LogP contribution in [0.2, 0.25) is 0 Å². The minimum atomic E-state index is -0.719. The van der Waals surface area contributed by atoms with Crippen LogP contribution in [0.5, 0.6) is 0 Å². The van der Waals surface area contributed by atoms with E-state index in [1.807, 2.05) is 24.3 Å². The summed E-state index contributed by atoms with van der Waals surface area (Å²) in [6.07, 6.45) is 1.87. The van der Waals surface area contributed by atoms with Crippen molar-refractivity contribution in [3.05, 3.63) is 29.8 Å². The van der Waals surface area contributed by atoms with Crippen LogP contribution >= 0.6 is 0 Å². The highest BCUT2D eigenvalue weighted by Gasteiger charge is 2.34. The number of hydrogen-bond acceptors (Lipinski definition) is 3. The minimum absolute atomic E-state index is 0.715. The first-order valence-electron chi connectivity index (χ1n) is 5.95. The van der Waals surface area contributed by atoms with Crippen LogP contribution in [0, 0.1) is 0 Å². The number of anilines is 1. The third-order valence-corrected chi connectivity index (χ3v) is 3.42. The van der Waals surface area contributed by atoms with E-state index in [1.165, 1.54) is 0 Å². The van der Waals surface area contributed by atoms with Gasteiger partial charge in [-0.3, -0.25) is 0 Å². The van der Waals surface area contributed by atoms with Crippen molar-refractivity contribution >= 4 is 5.69 Å². The van der Waals surface area contributed by atoms with Crippen LogP contribution in [0.3, 0.4) is 0 Å². The molecule has 0 saturated carbocycles. The fraction of sp³-hybridized carbons (Fsp3) is 0.538. The van der Waals surface area contributed by atoms with Crippen LogP contribution in [-0.2, 0) is 5.60 Å². The van der Waals surface area contributed by atoms with Crippen molar-refractivity contribution in [1.82, 2.24) is 4.90 Å². The number of rotatable bonds is 2. The van der Waals surface area contributed by atoms with E-state index in [-0.39, 0.29) is 0 Å². The molecule has 0 amide bonds. The molecule has 3 heteroatoms. The lowest BCUT2D eigenvalue weighted by atomic mass is 9.85. The lowest BCUT2D eigenvalue weighted by Gasteiger charge is -2.39. The smallest absolute Gasteiger partial charge is 0.102 e. The van der Waals surface area contributed by atoms with Crippen molar-refractivity contribution in [2.45, 2.75) is 25.4 Å². The Labute approximate surface area is 96.9 Å². The lowest BCUT2D eigenvalue weighted by molar-refractivity contribution is -0.0339.